The Kier molecular flexibility index (Phi) is 8.32. The van der Waals surface area contributed by atoms with E-state index in [1.54, 1.807) is 19.0 Å². The van der Waals surface area contributed by atoms with Crippen molar-refractivity contribution in [1.82, 2.24) is 15.5 Å². The summed E-state index contributed by atoms with van der Waals surface area (Å²) < 4.78 is 1.10. The molecule has 7 heteroatoms. The SMILES string of the molecule is CCNC(=NCC(=O)N(C)C)NC1CC1c1ccc(Br)cc1.I. The lowest BCUT2D eigenvalue weighted by atomic mass is 10.1. The summed E-state index contributed by atoms with van der Waals surface area (Å²) in [6.07, 6.45) is 1.09. The van der Waals surface area contributed by atoms with Crippen molar-refractivity contribution in [3.05, 3.63) is 34.3 Å². The third kappa shape index (κ3) is 6.29. The molecule has 0 heterocycles. The van der Waals surface area contributed by atoms with Crippen LogP contribution in [0.25, 0.3) is 0 Å². The van der Waals surface area contributed by atoms with Gasteiger partial charge in [0.05, 0.1) is 0 Å². The smallest absolute Gasteiger partial charge is 0.243 e. The number of halogens is 2. The number of rotatable bonds is 5. The Morgan fingerprint density at radius 1 is 1.35 bits per heavy atom. The maximum atomic E-state index is 11.6. The Morgan fingerprint density at radius 3 is 2.57 bits per heavy atom. The molecule has 5 nitrogen and oxygen atoms in total. The molecule has 128 valence electrons. The van der Waals surface area contributed by atoms with Crippen LogP contribution in [0.1, 0.15) is 24.8 Å². The number of amides is 1. The molecular weight excluding hydrogens is 471 g/mol. The largest absolute Gasteiger partial charge is 0.357 e. The van der Waals surface area contributed by atoms with Crippen molar-refractivity contribution in [3.63, 3.8) is 0 Å². The van der Waals surface area contributed by atoms with Gasteiger partial charge >= 0.3 is 0 Å². The molecule has 0 radical (unpaired) electrons. The van der Waals surface area contributed by atoms with Crippen molar-refractivity contribution in [3.8, 4) is 0 Å². The van der Waals surface area contributed by atoms with Crippen LogP contribution in [0.2, 0.25) is 0 Å². The standard InChI is InChI=1S/C16H23BrN4O.HI/c1-4-18-16(19-10-15(22)21(2)3)20-14-9-13(14)11-5-7-12(17)8-6-11;/h5-8,13-14H,4,9-10H2,1-3H3,(H2,18,19,20);1H. The number of aliphatic imine (C=N–C) groups is 1. The number of carbonyl (C=O) groups excluding carboxylic acids is 1. The quantitative estimate of drug-likeness (QED) is 0.376. The van der Waals surface area contributed by atoms with E-state index in [2.05, 4.69) is 55.8 Å². The fourth-order valence-electron chi connectivity index (χ4n) is 2.22. The monoisotopic (exact) mass is 494 g/mol. The van der Waals surface area contributed by atoms with Crippen molar-refractivity contribution in [2.24, 2.45) is 4.99 Å². The minimum absolute atomic E-state index is 0. The van der Waals surface area contributed by atoms with E-state index in [0.717, 1.165) is 17.4 Å². The highest BCUT2D eigenvalue weighted by atomic mass is 127. The van der Waals surface area contributed by atoms with Crippen LogP contribution in [-0.4, -0.2) is 50.0 Å². The molecule has 0 spiro atoms. The second kappa shape index (κ2) is 9.46. The van der Waals surface area contributed by atoms with E-state index in [1.165, 1.54) is 5.56 Å². The predicted molar refractivity (Wildman–Crippen MR) is 109 cm³/mol. The molecule has 1 saturated carbocycles. The highest BCUT2D eigenvalue weighted by Gasteiger charge is 2.38. The van der Waals surface area contributed by atoms with Crippen LogP contribution in [-0.2, 0) is 4.79 Å². The molecule has 2 unspecified atom stereocenters. The van der Waals surface area contributed by atoms with Crippen molar-refractivity contribution in [2.75, 3.05) is 27.2 Å². The van der Waals surface area contributed by atoms with Crippen LogP contribution in [0.15, 0.2) is 33.7 Å². The van der Waals surface area contributed by atoms with E-state index in [4.69, 9.17) is 0 Å². The van der Waals surface area contributed by atoms with Gasteiger partial charge in [-0.3, -0.25) is 4.79 Å². The van der Waals surface area contributed by atoms with Gasteiger partial charge in [-0.2, -0.15) is 0 Å². The molecule has 0 saturated heterocycles. The first-order chi connectivity index (χ1) is 10.5. The summed E-state index contributed by atoms with van der Waals surface area (Å²) in [6, 6.07) is 8.82. The number of hydrogen-bond donors (Lipinski definition) is 2. The van der Waals surface area contributed by atoms with Gasteiger partial charge in [0.2, 0.25) is 5.91 Å². The van der Waals surface area contributed by atoms with Crippen LogP contribution in [0.3, 0.4) is 0 Å². The highest BCUT2D eigenvalue weighted by Crippen LogP contribution is 2.40. The van der Waals surface area contributed by atoms with Gasteiger partial charge in [-0.05, 0) is 31.0 Å². The van der Waals surface area contributed by atoms with Gasteiger partial charge < -0.3 is 15.5 Å². The van der Waals surface area contributed by atoms with Gasteiger partial charge in [-0.25, -0.2) is 4.99 Å². The molecule has 2 rings (SSSR count). The Bertz CT molecular complexity index is 548. The summed E-state index contributed by atoms with van der Waals surface area (Å²) in [4.78, 5) is 17.5. The number of carbonyl (C=O) groups is 1. The number of benzene rings is 1. The Labute approximate surface area is 163 Å². The minimum atomic E-state index is -0.00235. The van der Waals surface area contributed by atoms with E-state index in [1.807, 2.05) is 6.92 Å². The molecule has 1 aromatic rings. The summed E-state index contributed by atoms with van der Waals surface area (Å²) in [5, 5.41) is 6.60. The first kappa shape index (κ1) is 20.2. The highest BCUT2D eigenvalue weighted by molar-refractivity contribution is 14.0. The van der Waals surface area contributed by atoms with Crippen LogP contribution >= 0.6 is 39.9 Å². The third-order valence-corrected chi connectivity index (χ3v) is 4.15. The van der Waals surface area contributed by atoms with Gasteiger partial charge in [-0.15, -0.1) is 24.0 Å². The van der Waals surface area contributed by atoms with Gasteiger partial charge in [0.1, 0.15) is 6.54 Å². The number of likely N-dealkylation sites (N-methyl/N-ethyl adjacent to an activating group) is 1. The lowest BCUT2D eigenvalue weighted by molar-refractivity contribution is -0.127. The molecule has 0 bridgehead atoms. The number of hydrogen-bond acceptors (Lipinski definition) is 2. The predicted octanol–water partition coefficient (Wildman–Crippen LogP) is 2.57. The maximum Gasteiger partial charge on any atom is 0.243 e. The van der Waals surface area contributed by atoms with E-state index < -0.39 is 0 Å². The Morgan fingerprint density at radius 2 is 2.00 bits per heavy atom. The summed E-state index contributed by atoms with van der Waals surface area (Å²) in [7, 11) is 3.48. The molecule has 23 heavy (non-hydrogen) atoms. The van der Waals surface area contributed by atoms with Crippen molar-refractivity contribution in [1.29, 1.82) is 0 Å². The molecular formula is C16H24BrIN4O. The molecule has 1 aromatic carbocycles. The van der Waals surface area contributed by atoms with Gasteiger partial charge in [-0.1, -0.05) is 28.1 Å². The fraction of sp³-hybridized carbons (Fsp3) is 0.500. The van der Waals surface area contributed by atoms with Crippen LogP contribution < -0.4 is 10.6 Å². The summed E-state index contributed by atoms with van der Waals surface area (Å²) >= 11 is 3.46. The van der Waals surface area contributed by atoms with Gasteiger partial charge in [0.25, 0.3) is 0 Å². The van der Waals surface area contributed by atoms with E-state index in [9.17, 15) is 4.79 Å². The number of nitrogens with one attached hydrogen (secondary N) is 2. The van der Waals surface area contributed by atoms with E-state index >= 15 is 0 Å². The Hall–Kier alpha value is -0.830. The Balaban J connectivity index is 0.00000264. The average Bonchev–Trinajstić information content (AvgIpc) is 3.24. The molecule has 0 aliphatic heterocycles. The van der Waals surface area contributed by atoms with Gasteiger partial charge in [0.15, 0.2) is 5.96 Å². The maximum absolute atomic E-state index is 11.6. The van der Waals surface area contributed by atoms with Crippen molar-refractivity contribution >= 4 is 51.8 Å². The zero-order valence-corrected chi connectivity index (χ0v) is 17.6. The molecule has 2 N–H and O–H groups in total. The number of nitrogens with zero attached hydrogens (tertiary/aromatic N) is 2. The van der Waals surface area contributed by atoms with Gasteiger partial charge in [0, 0.05) is 37.1 Å². The topological polar surface area (TPSA) is 56.7 Å². The zero-order chi connectivity index (χ0) is 16.1. The zero-order valence-electron chi connectivity index (χ0n) is 13.7. The lowest BCUT2D eigenvalue weighted by Crippen LogP contribution is -2.40. The fourth-order valence-corrected chi connectivity index (χ4v) is 2.48. The molecule has 1 aliphatic rings. The van der Waals surface area contributed by atoms with Crippen LogP contribution in [0.5, 0.6) is 0 Å². The number of guanidine groups is 1. The molecule has 0 aromatic heterocycles. The molecule has 2 atom stereocenters. The van der Waals surface area contributed by atoms with Crippen LogP contribution in [0.4, 0.5) is 0 Å². The molecule has 1 amide bonds. The molecule has 1 fully saturated rings. The summed E-state index contributed by atoms with van der Waals surface area (Å²) in [6.45, 7) is 2.96. The van der Waals surface area contributed by atoms with E-state index in [-0.39, 0.29) is 36.4 Å². The average molecular weight is 495 g/mol. The van der Waals surface area contributed by atoms with E-state index in [0.29, 0.717) is 17.9 Å². The second-order valence-corrected chi connectivity index (χ2v) is 6.54. The normalized spacial score (nSPS) is 19.6. The first-order valence-corrected chi connectivity index (χ1v) is 8.31. The summed E-state index contributed by atoms with van der Waals surface area (Å²) in [5.41, 5.74) is 1.33. The van der Waals surface area contributed by atoms with Crippen LogP contribution in [0, 0.1) is 0 Å². The summed E-state index contributed by atoms with van der Waals surface area (Å²) in [5.74, 6) is 1.22. The molecule has 1 aliphatic carbocycles. The lowest BCUT2D eigenvalue weighted by Gasteiger charge is -2.12. The second-order valence-electron chi connectivity index (χ2n) is 5.63. The van der Waals surface area contributed by atoms with Crippen molar-refractivity contribution < 1.29 is 4.79 Å². The van der Waals surface area contributed by atoms with Crippen molar-refractivity contribution in [2.45, 2.75) is 25.3 Å². The minimum Gasteiger partial charge on any atom is -0.357 e. The first-order valence-electron chi connectivity index (χ1n) is 7.51. The third-order valence-electron chi connectivity index (χ3n) is 3.63.